The van der Waals surface area contributed by atoms with Gasteiger partial charge in [0.05, 0.1) is 4.92 Å². The number of nitrogens with one attached hydrogen (secondary N) is 2. The van der Waals surface area contributed by atoms with Crippen LogP contribution in [0.1, 0.15) is 41.0 Å². The molecule has 0 bridgehead atoms. The van der Waals surface area contributed by atoms with Gasteiger partial charge in [-0.15, -0.1) is 0 Å². The maximum absolute atomic E-state index is 12.5. The summed E-state index contributed by atoms with van der Waals surface area (Å²) in [5.74, 6) is -0.240. The van der Waals surface area contributed by atoms with Gasteiger partial charge in [-0.1, -0.05) is 13.8 Å². The van der Waals surface area contributed by atoms with E-state index in [4.69, 9.17) is 4.74 Å². The van der Waals surface area contributed by atoms with Crippen LogP contribution in [0.2, 0.25) is 0 Å². The molecule has 0 radical (unpaired) electrons. The van der Waals surface area contributed by atoms with Crippen molar-refractivity contribution in [2.45, 2.75) is 52.7 Å². The van der Waals surface area contributed by atoms with E-state index in [0.29, 0.717) is 12.1 Å². The highest BCUT2D eigenvalue weighted by Gasteiger charge is 2.25. The van der Waals surface area contributed by atoms with Gasteiger partial charge in [0.1, 0.15) is 11.6 Å². The lowest BCUT2D eigenvalue weighted by atomic mass is 10.0. The van der Waals surface area contributed by atoms with Crippen molar-refractivity contribution in [2.75, 3.05) is 5.32 Å². The van der Waals surface area contributed by atoms with Crippen molar-refractivity contribution < 1.29 is 19.2 Å². The maximum atomic E-state index is 12.5. The molecule has 1 aromatic carbocycles. The number of rotatable bonds is 6. The lowest BCUT2D eigenvalue weighted by Crippen LogP contribution is -2.46. The van der Waals surface area contributed by atoms with E-state index in [1.807, 2.05) is 13.8 Å². The number of carbonyl (C=O) groups is 2. The van der Waals surface area contributed by atoms with Crippen LogP contribution in [0.5, 0.6) is 0 Å². The van der Waals surface area contributed by atoms with Crippen LogP contribution in [-0.4, -0.2) is 28.6 Å². The van der Waals surface area contributed by atoms with Crippen LogP contribution < -0.4 is 10.6 Å². The van der Waals surface area contributed by atoms with Crippen LogP contribution in [0.15, 0.2) is 24.3 Å². The number of anilines is 1. The van der Waals surface area contributed by atoms with E-state index in [1.54, 1.807) is 20.8 Å². The number of nitro benzene ring substituents is 1. The number of amides is 2. The van der Waals surface area contributed by atoms with Crippen molar-refractivity contribution in [3.63, 3.8) is 0 Å². The Morgan fingerprint density at radius 1 is 1.20 bits per heavy atom. The summed E-state index contributed by atoms with van der Waals surface area (Å²) >= 11 is 0. The molecule has 8 heteroatoms. The fourth-order valence-corrected chi connectivity index (χ4v) is 2.05. The highest BCUT2D eigenvalue weighted by atomic mass is 16.6. The summed E-state index contributed by atoms with van der Waals surface area (Å²) in [5, 5.41) is 15.9. The minimum Gasteiger partial charge on any atom is -0.444 e. The topological polar surface area (TPSA) is 111 Å². The number of benzene rings is 1. The van der Waals surface area contributed by atoms with Crippen molar-refractivity contribution >= 4 is 23.4 Å². The minimum atomic E-state index is -0.773. The highest BCUT2D eigenvalue weighted by molar-refractivity contribution is 5.96. The SMILES string of the molecule is CC(C)C[C@H](NC(=O)OC(C)(C)C)C(=O)Nc1ccc([N+](=O)[O-])cc1. The number of ether oxygens (including phenoxy) is 1. The average Bonchev–Trinajstić information content (AvgIpc) is 2.44. The molecule has 138 valence electrons. The van der Waals surface area contributed by atoms with Crippen LogP contribution in [0, 0.1) is 16.0 Å². The zero-order chi connectivity index (χ0) is 19.2. The molecule has 8 nitrogen and oxygen atoms in total. The summed E-state index contributed by atoms with van der Waals surface area (Å²) in [7, 11) is 0. The Balaban J connectivity index is 2.78. The first-order valence-corrected chi connectivity index (χ1v) is 8.03. The zero-order valence-corrected chi connectivity index (χ0v) is 15.2. The molecule has 0 unspecified atom stereocenters. The van der Waals surface area contributed by atoms with Crippen molar-refractivity contribution in [3.8, 4) is 0 Å². The van der Waals surface area contributed by atoms with Gasteiger partial charge in [-0.25, -0.2) is 4.79 Å². The molecule has 0 aliphatic rings. The van der Waals surface area contributed by atoms with E-state index in [9.17, 15) is 19.7 Å². The van der Waals surface area contributed by atoms with Gasteiger partial charge in [-0.05, 0) is 45.2 Å². The van der Waals surface area contributed by atoms with Crippen LogP contribution in [0.3, 0.4) is 0 Å². The van der Waals surface area contributed by atoms with Crippen LogP contribution in [0.4, 0.5) is 16.2 Å². The summed E-state index contributed by atoms with van der Waals surface area (Å²) in [6.45, 7) is 9.08. The van der Waals surface area contributed by atoms with Gasteiger partial charge in [-0.2, -0.15) is 0 Å². The second-order valence-electron chi connectivity index (χ2n) is 7.12. The van der Waals surface area contributed by atoms with E-state index in [1.165, 1.54) is 24.3 Å². The van der Waals surface area contributed by atoms with Gasteiger partial charge in [-0.3, -0.25) is 14.9 Å². The molecule has 0 fully saturated rings. The molecular weight excluding hydrogens is 326 g/mol. The van der Waals surface area contributed by atoms with Crippen molar-refractivity contribution in [1.82, 2.24) is 5.32 Å². The summed E-state index contributed by atoms with van der Waals surface area (Å²) in [6.07, 6.45) is -0.241. The van der Waals surface area contributed by atoms with Crippen LogP contribution >= 0.6 is 0 Å². The molecule has 1 atom stereocenters. The first-order valence-electron chi connectivity index (χ1n) is 8.03. The van der Waals surface area contributed by atoms with Crippen LogP contribution in [0.25, 0.3) is 0 Å². The molecule has 0 aliphatic carbocycles. The third kappa shape index (κ3) is 7.65. The molecule has 0 saturated carbocycles. The summed E-state index contributed by atoms with van der Waals surface area (Å²) in [5.41, 5.74) is -0.319. The molecular formula is C17H25N3O5. The smallest absolute Gasteiger partial charge is 0.408 e. The van der Waals surface area contributed by atoms with Gasteiger partial charge in [0.15, 0.2) is 0 Å². The van der Waals surface area contributed by atoms with Crippen LogP contribution in [-0.2, 0) is 9.53 Å². The third-order valence-corrected chi connectivity index (χ3v) is 3.06. The number of nitrogens with zero attached hydrogens (tertiary/aromatic N) is 1. The Bertz CT molecular complexity index is 620. The molecule has 25 heavy (non-hydrogen) atoms. The molecule has 0 saturated heterocycles. The number of alkyl carbamates (subject to hydrolysis) is 1. The van der Waals surface area contributed by atoms with E-state index in [-0.39, 0.29) is 11.6 Å². The fraction of sp³-hybridized carbons (Fsp3) is 0.529. The van der Waals surface area contributed by atoms with E-state index in [2.05, 4.69) is 10.6 Å². The molecule has 0 aliphatic heterocycles. The molecule has 0 aromatic heterocycles. The molecule has 0 heterocycles. The second kappa shape index (κ2) is 8.46. The number of hydrogen-bond acceptors (Lipinski definition) is 5. The summed E-state index contributed by atoms with van der Waals surface area (Å²) < 4.78 is 5.19. The standard InChI is InChI=1S/C17H25N3O5/c1-11(2)10-14(19-16(22)25-17(3,4)5)15(21)18-12-6-8-13(9-7-12)20(23)24/h6-9,11,14H,10H2,1-5H3,(H,18,21)(H,19,22)/t14-/m0/s1. The quantitative estimate of drug-likeness (QED) is 0.602. The van der Waals surface area contributed by atoms with Gasteiger partial charge in [0.2, 0.25) is 5.91 Å². The highest BCUT2D eigenvalue weighted by Crippen LogP contribution is 2.16. The Morgan fingerprint density at radius 3 is 2.20 bits per heavy atom. The van der Waals surface area contributed by atoms with E-state index >= 15 is 0 Å². The number of hydrogen-bond donors (Lipinski definition) is 2. The normalized spacial score (nSPS) is 12.4. The van der Waals surface area contributed by atoms with Gasteiger partial charge in [0.25, 0.3) is 5.69 Å². The molecule has 1 rings (SSSR count). The molecule has 1 aromatic rings. The average molecular weight is 351 g/mol. The number of carbonyl (C=O) groups excluding carboxylic acids is 2. The predicted molar refractivity (Wildman–Crippen MR) is 94.3 cm³/mol. The second-order valence-corrected chi connectivity index (χ2v) is 7.12. The largest absolute Gasteiger partial charge is 0.444 e. The lowest BCUT2D eigenvalue weighted by Gasteiger charge is -2.24. The first-order chi connectivity index (χ1) is 11.5. The predicted octanol–water partition coefficient (Wildman–Crippen LogP) is 3.47. The third-order valence-electron chi connectivity index (χ3n) is 3.06. The van der Waals surface area contributed by atoms with Crippen molar-refractivity contribution in [1.29, 1.82) is 0 Å². The van der Waals surface area contributed by atoms with Crippen molar-refractivity contribution in [3.05, 3.63) is 34.4 Å². The van der Waals surface area contributed by atoms with Gasteiger partial charge >= 0.3 is 6.09 Å². The fourth-order valence-electron chi connectivity index (χ4n) is 2.05. The first kappa shape index (κ1) is 20.4. The Labute approximate surface area is 147 Å². The number of non-ortho nitro benzene ring substituents is 1. The summed E-state index contributed by atoms with van der Waals surface area (Å²) in [6, 6.07) is 4.71. The Morgan fingerprint density at radius 2 is 1.76 bits per heavy atom. The van der Waals surface area contributed by atoms with E-state index < -0.39 is 28.6 Å². The monoisotopic (exact) mass is 351 g/mol. The minimum absolute atomic E-state index is 0.0661. The van der Waals surface area contributed by atoms with Gasteiger partial charge < -0.3 is 15.4 Å². The van der Waals surface area contributed by atoms with E-state index in [0.717, 1.165) is 0 Å². The molecule has 2 N–H and O–H groups in total. The Hall–Kier alpha value is -2.64. The molecule has 2 amide bonds. The van der Waals surface area contributed by atoms with Crippen molar-refractivity contribution in [2.24, 2.45) is 5.92 Å². The Kier molecular flexibility index (Phi) is 6.90. The van der Waals surface area contributed by atoms with Gasteiger partial charge in [0, 0.05) is 17.8 Å². The summed E-state index contributed by atoms with van der Waals surface area (Å²) in [4.78, 5) is 34.5. The molecule has 0 spiro atoms. The maximum Gasteiger partial charge on any atom is 0.408 e. The zero-order valence-electron chi connectivity index (χ0n) is 15.2. The number of nitro groups is 1. The lowest BCUT2D eigenvalue weighted by molar-refractivity contribution is -0.384.